The first-order valence-electron chi connectivity index (χ1n) is 11.4. The van der Waals surface area contributed by atoms with Crippen molar-refractivity contribution in [1.29, 1.82) is 0 Å². The van der Waals surface area contributed by atoms with Gasteiger partial charge in [0, 0.05) is 27.2 Å². The van der Waals surface area contributed by atoms with Crippen LogP contribution in [0.15, 0.2) is 71.8 Å². The van der Waals surface area contributed by atoms with Crippen LogP contribution in [0.1, 0.15) is 19.8 Å². The molecular formula is C26H22Cl3N3O4S. The second kappa shape index (κ2) is 11.6. The van der Waals surface area contributed by atoms with Gasteiger partial charge >= 0.3 is 5.97 Å². The number of carbonyl (C=O) groups is 1. The summed E-state index contributed by atoms with van der Waals surface area (Å²) in [5.74, 6) is -0.680. The average Bonchev–Trinajstić information content (AvgIpc) is 2.86. The van der Waals surface area contributed by atoms with E-state index in [9.17, 15) is 13.2 Å². The Balaban J connectivity index is 1.88. The van der Waals surface area contributed by atoms with E-state index in [1.54, 1.807) is 36.5 Å². The van der Waals surface area contributed by atoms with Crippen LogP contribution in [0.2, 0.25) is 15.3 Å². The van der Waals surface area contributed by atoms with Crippen LogP contribution >= 0.6 is 34.8 Å². The molecule has 1 heterocycles. The van der Waals surface area contributed by atoms with Gasteiger partial charge in [0.25, 0.3) is 10.0 Å². The summed E-state index contributed by atoms with van der Waals surface area (Å²) >= 11 is 18.2. The smallest absolute Gasteiger partial charge is 0.326 e. The van der Waals surface area contributed by atoms with Crippen molar-refractivity contribution in [2.24, 2.45) is 0 Å². The molecule has 0 saturated carbocycles. The Labute approximate surface area is 230 Å². The summed E-state index contributed by atoms with van der Waals surface area (Å²) in [5, 5.41) is 1.67. The molecule has 11 heteroatoms. The first-order chi connectivity index (χ1) is 17.7. The molecule has 0 radical (unpaired) electrons. The Hall–Kier alpha value is -2.91. The van der Waals surface area contributed by atoms with Crippen LogP contribution in [0.4, 0.5) is 5.69 Å². The molecule has 0 saturated heterocycles. The number of aromatic nitrogens is 2. The Morgan fingerprint density at radius 3 is 2.38 bits per heavy atom. The molecule has 4 rings (SSSR count). The van der Waals surface area contributed by atoms with E-state index in [4.69, 9.17) is 39.5 Å². The Bertz CT molecular complexity index is 1540. The lowest BCUT2D eigenvalue weighted by Gasteiger charge is -2.25. The minimum atomic E-state index is -4.28. The molecule has 7 nitrogen and oxygen atoms in total. The molecule has 0 bridgehead atoms. The van der Waals surface area contributed by atoms with Gasteiger partial charge in [-0.25, -0.2) is 18.4 Å². The molecule has 0 atom stereocenters. The summed E-state index contributed by atoms with van der Waals surface area (Å²) in [4.78, 5) is 20.8. The molecule has 0 aliphatic rings. The molecule has 0 aliphatic carbocycles. The zero-order chi connectivity index (χ0) is 26.6. The summed E-state index contributed by atoms with van der Waals surface area (Å²) in [7, 11) is -4.28. The van der Waals surface area contributed by atoms with E-state index >= 15 is 0 Å². The number of anilines is 1. The van der Waals surface area contributed by atoms with E-state index in [2.05, 4.69) is 9.97 Å². The predicted molar refractivity (Wildman–Crippen MR) is 147 cm³/mol. The molecule has 0 aliphatic heterocycles. The predicted octanol–water partition coefficient (Wildman–Crippen LogP) is 6.80. The normalized spacial score (nSPS) is 11.5. The second-order valence-electron chi connectivity index (χ2n) is 8.08. The molecule has 0 N–H and O–H groups in total. The van der Waals surface area contributed by atoms with E-state index in [1.807, 2.05) is 19.1 Å². The minimum Gasteiger partial charge on any atom is -0.464 e. The number of hydrogen-bond acceptors (Lipinski definition) is 6. The van der Waals surface area contributed by atoms with Crippen LogP contribution in [-0.2, 0) is 19.6 Å². The summed E-state index contributed by atoms with van der Waals surface area (Å²) < 4.78 is 34.1. The third kappa shape index (κ3) is 6.15. The van der Waals surface area contributed by atoms with Crippen molar-refractivity contribution in [3.63, 3.8) is 0 Å². The van der Waals surface area contributed by atoms with Crippen molar-refractivity contribution in [1.82, 2.24) is 9.97 Å². The van der Waals surface area contributed by atoms with E-state index in [-0.39, 0.29) is 32.5 Å². The highest BCUT2D eigenvalue weighted by molar-refractivity contribution is 7.93. The van der Waals surface area contributed by atoms with Gasteiger partial charge < -0.3 is 4.74 Å². The molecule has 0 unspecified atom stereocenters. The van der Waals surface area contributed by atoms with E-state index < -0.39 is 22.5 Å². The van der Waals surface area contributed by atoms with E-state index in [0.29, 0.717) is 22.9 Å². The number of ether oxygens (including phenoxy) is 1. The maximum absolute atomic E-state index is 13.9. The van der Waals surface area contributed by atoms with Crippen LogP contribution in [-0.4, -0.2) is 37.5 Å². The van der Waals surface area contributed by atoms with E-state index in [1.165, 1.54) is 18.2 Å². The van der Waals surface area contributed by atoms with Crippen LogP contribution in [0.5, 0.6) is 0 Å². The van der Waals surface area contributed by atoms with Gasteiger partial charge in [-0.05, 0) is 53.7 Å². The number of nitrogens with zero attached hydrogens (tertiary/aromatic N) is 3. The fourth-order valence-electron chi connectivity index (χ4n) is 3.82. The fraction of sp³-hybridized carbons (Fsp3) is 0.192. The van der Waals surface area contributed by atoms with Gasteiger partial charge in [0.2, 0.25) is 5.28 Å². The molecule has 0 spiro atoms. The molecule has 0 amide bonds. The molecule has 4 aromatic rings. The average molecular weight is 579 g/mol. The SMILES string of the molecule is CCCCOC(=O)CN(c1cccc2c(-c3ccnc(Cl)n3)cccc12)S(=O)(=O)c1cc(Cl)cc(Cl)c1. The highest BCUT2D eigenvalue weighted by Crippen LogP contribution is 2.36. The lowest BCUT2D eigenvalue weighted by atomic mass is 10.0. The standard InChI is InChI=1S/C26H22Cl3N3O4S/c1-2-3-12-36-25(33)16-32(37(34,35)19-14-17(27)13-18(28)15-19)24-9-5-6-20-21(7-4-8-22(20)24)23-10-11-30-26(29)31-23/h4-11,13-15H,2-3,12,16H2,1H3. The Morgan fingerprint density at radius 2 is 1.68 bits per heavy atom. The zero-order valence-electron chi connectivity index (χ0n) is 19.7. The van der Waals surface area contributed by atoms with Crippen LogP contribution < -0.4 is 4.31 Å². The Morgan fingerprint density at radius 1 is 0.973 bits per heavy atom. The van der Waals surface area contributed by atoms with Gasteiger partial charge in [0.15, 0.2) is 0 Å². The van der Waals surface area contributed by atoms with Gasteiger partial charge in [-0.1, -0.05) is 66.9 Å². The number of hydrogen-bond donors (Lipinski definition) is 0. The molecule has 3 aromatic carbocycles. The van der Waals surface area contributed by atoms with Crippen LogP contribution in [0.25, 0.3) is 22.0 Å². The highest BCUT2D eigenvalue weighted by Gasteiger charge is 2.30. The zero-order valence-corrected chi connectivity index (χ0v) is 22.8. The Kier molecular flexibility index (Phi) is 8.54. The lowest BCUT2D eigenvalue weighted by molar-refractivity contribution is -0.141. The summed E-state index contributed by atoms with van der Waals surface area (Å²) in [5.41, 5.74) is 1.57. The third-order valence-corrected chi connectivity index (χ3v) is 7.88. The van der Waals surface area contributed by atoms with Crippen molar-refractivity contribution in [2.75, 3.05) is 17.5 Å². The van der Waals surface area contributed by atoms with Crippen LogP contribution in [0.3, 0.4) is 0 Å². The van der Waals surface area contributed by atoms with Crippen LogP contribution in [0, 0.1) is 0 Å². The number of carbonyl (C=O) groups excluding carboxylic acids is 1. The van der Waals surface area contributed by atoms with E-state index in [0.717, 1.165) is 16.3 Å². The number of sulfonamides is 1. The van der Waals surface area contributed by atoms with Crippen molar-refractivity contribution in [2.45, 2.75) is 24.7 Å². The topological polar surface area (TPSA) is 89.5 Å². The minimum absolute atomic E-state index is 0.0857. The maximum atomic E-state index is 13.9. The number of esters is 1. The lowest BCUT2D eigenvalue weighted by Crippen LogP contribution is -2.37. The number of benzene rings is 3. The largest absolute Gasteiger partial charge is 0.464 e. The van der Waals surface area contributed by atoms with Crippen molar-refractivity contribution < 1.29 is 17.9 Å². The van der Waals surface area contributed by atoms with Gasteiger partial charge in [0.1, 0.15) is 6.54 Å². The quantitative estimate of drug-likeness (QED) is 0.123. The molecule has 0 fully saturated rings. The number of unbranched alkanes of at least 4 members (excludes halogenated alkanes) is 1. The molecule has 1 aromatic heterocycles. The summed E-state index contributed by atoms with van der Waals surface area (Å²) in [6, 6.07) is 16.3. The summed E-state index contributed by atoms with van der Waals surface area (Å²) in [6.45, 7) is 1.62. The van der Waals surface area contributed by atoms with Crippen molar-refractivity contribution in [3.05, 3.63) is 82.2 Å². The van der Waals surface area contributed by atoms with Gasteiger partial charge in [-0.15, -0.1) is 0 Å². The summed E-state index contributed by atoms with van der Waals surface area (Å²) in [6.07, 6.45) is 3.04. The monoisotopic (exact) mass is 577 g/mol. The van der Waals surface area contributed by atoms with Gasteiger partial charge in [-0.2, -0.15) is 0 Å². The third-order valence-electron chi connectivity index (χ3n) is 5.53. The highest BCUT2D eigenvalue weighted by atomic mass is 35.5. The van der Waals surface area contributed by atoms with Crippen molar-refractivity contribution >= 4 is 67.3 Å². The number of rotatable bonds is 9. The molecule has 37 heavy (non-hydrogen) atoms. The number of fused-ring (bicyclic) bond motifs is 1. The van der Waals surface area contributed by atoms with Crippen molar-refractivity contribution in [3.8, 4) is 11.3 Å². The molecular weight excluding hydrogens is 557 g/mol. The first-order valence-corrected chi connectivity index (χ1v) is 13.9. The second-order valence-corrected chi connectivity index (χ2v) is 11.2. The van der Waals surface area contributed by atoms with Gasteiger partial charge in [-0.3, -0.25) is 9.10 Å². The first kappa shape index (κ1) is 27.1. The molecule has 192 valence electrons. The fourth-order valence-corrected chi connectivity index (χ4v) is 6.12. The van der Waals surface area contributed by atoms with Gasteiger partial charge in [0.05, 0.1) is 22.9 Å². The number of halogens is 3. The maximum Gasteiger partial charge on any atom is 0.326 e.